The minimum atomic E-state index is -2.95. The van der Waals surface area contributed by atoms with Crippen LogP contribution in [0.4, 0.5) is 0 Å². The lowest BCUT2D eigenvalue weighted by Crippen LogP contribution is -2.45. The molecule has 4 heteroatoms. The summed E-state index contributed by atoms with van der Waals surface area (Å²) in [5, 5.41) is 3.26. The number of hydrogen-bond acceptors (Lipinski definition) is 3. The number of nitrogens with one attached hydrogen (secondary N) is 1. The van der Waals surface area contributed by atoms with Gasteiger partial charge in [-0.25, -0.2) is 8.42 Å². The van der Waals surface area contributed by atoms with E-state index in [1.165, 1.54) is 12.8 Å². The summed E-state index contributed by atoms with van der Waals surface area (Å²) in [7, 11) is -2.95. The molecule has 0 spiro atoms. The highest BCUT2D eigenvalue weighted by Crippen LogP contribution is 2.24. The van der Waals surface area contributed by atoms with Crippen molar-refractivity contribution in [2.24, 2.45) is 5.92 Å². The van der Waals surface area contributed by atoms with Crippen molar-refractivity contribution in [1.29, 1.82) is 0 Å². The molecule has 0 saturated heterocycles. The minimum absolute atomic E-state index is 0.161. The van der Waals surface area contributed by atoms with Gasteiger partial charge in [-0.3, -0.25) is 0 Å². The molecule has 1 aliphatic rings. The van der Waals surface area contributed by atoms with Crippen molar-refractivity contribution in [3.63, 3.8) is 0 Å². The molecule has 19 heavy (non-hydrogen) atoms. The number of sulfone groups is 1. The molecule has 1 aliphatic carbocycles. The molecule has 2 atom stereocenters. The van der Waals surface area contributed by atoms with Crippen LogP contribution in [0.5, 0.6) is 0 Å². The van der Waals surface area contributed by atoms with Gasteiger partial charge in [0.1, 0.15) is 0 Å². The molecule has 0 aromatic heterocycles. The lowest BCUT2D eigenvalue weighted by molar-refractivity contribution is 0.392. The van der Waals surface area contributed by atoms with Crippen LogP contribution in [-0.4, -0.2) is 32.0 Å². The Morgan fingerprint density at radius 1 is 1.11 bits per heavy atom. The van der Waals surface area contributed by atoms with Crippen molar-refractivity contribution in [3.05, 3.63) is 0 Å². The van der Waals surface area contributed by atoms with Gasteiger partial charge in [0.25, 0.3) is 0 Å². The predicted octanol–water partition coefficient (Wildman–Crippen LogP) is 3.15. The Morgan fingerprint density at radius 2 is 1.74 bits per heavy atom. The highest BCUT2D eigenvalue weighted by atomic mass is 32.2. The maximum Gasteiger partial charge on any atom is 0.154 e. The first-order valence-electron chi connectivity index (χ1n) is 7.92. The van der Waals surface area contributed by atoms with E-state index in [0.717, 1.165) is 38.6 Å². The van der Waals surface area contributed by atoms with E-state index in [4.69, 9.17) is 0 Å². The van der Waals surface area contributed by atoms with E-state index < -0.39 is 9.84 Å². The molecule has 1 rings (SSSR count). The zero-order valence-corrected chi connectivity index (χ0v) is 13.6. The van der Waals surface area contributed by atoms with E-state index in [2.05, 4.69) is 26.1 Å². The summed E-state index contributed by atoms with van der Waals surface area (Å²) in [5.74, 6) is 0.818. The first-order chi connectivity index (χ1) is 8.97. The Hall–Kier alpha value is -0.0900. The molecule has 3 nitrogen and oxygen atoms in total. The normalized spacial score (nSPS) is 26.1. The van der Waals surface area contributed by atoms with E-state index in [-0.39, 0.29) is 11.3 Å². The quantitative estimate of drug-likeness (QED) is 0.817. The average molecular weight is 289 g/mol. The minimum Gasteiger partial charge on any atom is -0.313 e. The molecule has 0 heterocycles. The zero-order chi connectivity index (χ0) is 14.3. The molecule has 0 aromatic rings. The highest BCUT2D eigenvalue weighted by Gasteiger charge is 2.32. The maximum absolute atomic E-state index is 12.6. The third-order valence-electron chi connectivity index (χ3n) is 4.11. The highest BCUT2D eigenvalue weighted by molar-refractivity contribution is 7.92. The van der Waals surface area contributed by atoms with Gasteiger partial charge in [0.15, 0.2) is 9.84 Å². The number of rotatable bonds is 6. The van der Waals surface area contributed by atoms with Gasteiger partial charge in [0, 0.05) is 6.04 Å². The van der Waals surface area contributed by atoms with E-state index in [0.29, 0.717) is 11.7 Å². The van der Waals surface area contributed by atoms with Crippen molar-refractivity contribution < 1.29 is 8.42 Å². The second kappa shape index (κ2) is 8.25. The molecule has 0 aliphatic heterocycles. The zero-order valence-electron chi connectivity index (χ0n) is 12.8. The fourth-order valence-electron chi connectivity index (χ4n) is 2.93. The molecule has 2 unspecified atom stereocenters. The molecule has 0 bridgehead atoms. The first kappa shape index (κ1) is 17.0. The maximum atomic E-state index is 12.6. The second-order valence-corrected chi connectivity index (χ2v) is 8.58. The predicted molar refractivity (Wildman–Crippen MR) is 82.2 cm³/mol. The van der Waals surface area contributed by atoms with Crippen LogP contribution in [0.1, 0.15) is 65.7 Å². The van der Waals surface area contributed by atoms with Crippen LogP contribution in [-0.2, 0) is 9.84 Å². The van der Waals surface area contributed by atoms with Gasteiger partial charge in [-0.15, -0.1) is 0 Å². The topological polar surface area (TPSA) is 46.2 Å². The van der Waals surface area contributed by atoms with E-state index in [9.17, 15) is 8.42 Å². The second-order valence-electron chi connectivity index (χ2n) is 6.24. The van der Waals surface area contributed by atoms with Gasteiger partial charge < -0.3 is 5.32 Å². The lowest BCUT2D eigenvalue weighted by atomic mass is 9.96. The standard InChI is InChI=1S/C15H31NO2S/c1-4-16-14-9-7-5-6-8-10-15(14)19(17,18)12-11-13(2)3/h13-16H,4-12H2,1-3H3. The summed E-state index contributed by atoms with van der Waals surface area (Å²) >= 11 is 0. The summed E-state index contributed by atoms with van der Waals surface area (Å²) < 4.78 is 25.2. The Balaban J connectivity index is 2.75. The number of hydrogen-bond donors (Lipinski definition) is 1. The van der Waals surface area contributed by atoms with E-state index in [1.54, 1.807) is 0 Å². The monoisotopic (exact) mass is 289 g/mol. The Kier molecular flexibility index (Phi) is 7.37. The van der Waals surface area contributed by atoms with E-state index in [1.807, 2.05) is 0 Å². The third-order valence-corrected chi connectivity index (χ3v) is 6.40. The molecule has 114 valence electrons. The average Bonchev–Trinajstić information content (AvgIpc) is 2.30. The van der Waals surface area contributed by atoms with Crippen LogP contribution >= 0.6 is 0 Å². The summed E-state index contributed by atoms with van der Waals surface area (Å²) in [6, 6.07) is 0.169. The van der Waals surface area contributed by atoms with Gasteiger partial charge in [0.2, 0.25) is 0 Å². The summed E-state index contributed by atoms with van der Waals surface area (Å²) in [5.41, 5.74) is 0. The molecule has 1 N–H and O–H groups in total. The molecular formula is C15H31NO2S. The van der Waals surface area contributed by atoms with Crippen LogP contribution < -0.4 is 5.32 Å². The third kappa shape index (κ3) is 5.82. The Labute approximate surface area is 119 Å². The molecule has 0 amide bonds. The van der Waals surface area contributed by atoms with Crippen molar-refractivity contribution in [2.75, 3.05) is 12.3 Å². The van der Waals surface area contributed by atoms with Gasteiger partial charge in [0.05, 0.1) is 11.0 Å². The molecule has 0 aromatic carbocycles. The van der Waals surface area contributed by atoms with Gasteiger partial charge >= 0.3 is 0 Å². The smallest absolute Gasteiger partial charge is 0.154 e. The van der Waals surface area contributed by atoms with Crippen molar-refractivity contribution in [3.8, 4) is 0 Å². The van der Waals surface area contributed by atoms with Crippen LogP contribution in [0, 0.1) is 5.92 Å². The largest absolute Gasteiger partial charge is 0.313 e. The van der Waals surface area contributed by atoms with Crippen molar-refractivity contribution >= 4 is 9.84 Å². The van der Waals surface area contributed by atoms with Crippen LogP contribution in [0.25, 0.3) is 0 Å². The van der Waals surface area contributed by atoms with Crippen molar-refractivity contribution in [2.45, 2.75) is 77.0 Å². The molecule has 0 radical (unpaired) electrons. The van der Waals surface area contributed by atoms with Gasteiger partial charge in [-0.2, -0.15) is 0 Å². The Morgan fingerprint density at radius 3 is 2.32 bits per heavy atom. The molecule has 1 saturated carbocycles. The summed E-state index contributed by atoms with van der Waals surface area (Å²) in [4.78, 5) is 0. The first-order valence-corrected chi connectivity index (χ1v) is 9.64. The SMILES string of the molecule is CCNC1CCCCCCC1S(=O)(=O)CCC(C)C. The van der Waals surface area contributed by atoms with Crippen molar-refractivity contribution in [1.82, 2.24) is 5.32 Å². The fourth-order valence-corrected chi connectivity index (χ4v) is 5.29. The van der Waals surface area contributed by atoms with Gasteiger partial charge in [-0.05, 0) is 31.7 Å². The molecule has 1 fully saturated rings. The van der Waals surface area contributed by atoms with Crippen LogP contribution in [0.3, 0.4) is 0 Å². The summed E-state index contributed by atoms with van der Waals surface area (Å²) in [6.07, 6.45) is 7.31. The van der Waals surface area contributed by atoms with Crippen LogP contribution in [0.15, 0.2) is 0 Å². The fraction of sp³-hybridized carbons (Fsp3) is 1.00. The Bertz CT molecular complexity index is 338. The van der Waals surface area contributed by atoms with Crippen LogP contribution in [0.2, 0.25) is 0 Å². The van der Waals surface area contributed by atoms with E-state index >= 15 is 0 Å². The molecular weight excluding hydrogens is 258 g/mol. The lowest BCUT2D eigenvalue weighted by Gasteiger charge is -2.30. The van der Waals surface area contributed by atoms with Gasteiger partial charge in [-0.1, -0.05) is 46.5 Å². The summed E-state index contributed by atoms with van der Waals surface area (Å²) in [6.45, 7) is 7.11.